The summed E-state index contributed by atoms with van der Waals surface area (Å²) in [5, 5.41) is 9.31. The number of aromatic nitrogens is 4. The van der Waals surface area contributed by atoms with Crippen LogP contribution in [-0.4, -0.2) is 18.8 Å². The van der Waals surface area contributed by atoms with Crippen LogP contribution >= 0.6 is 0 Å². The van der Waals surface area contributed by atoms with Gasteiger partial charge in [-0.2, -0.15) is 0 Å². The minimum absolute atomic E-state index is 0.558. The fourth-order valence-electron chi connectivity index (χ4n) is 20.9. The molecule has 0 amide bonds. The maximum Gasteiger partial charge on any atom is 0.0728 e. The van der Waals surface area contributed by atoms with E-state index in [4.69, 9.17) is 9.97 Å². The van der Waals surface area contributed by atoms with Crippen LogP contribution in [0.3, 0.4) is 0 Å². The van der Waals surface area contributed by atoms with Crippen LogP contribution in [0.1, 0.15) is 133 Å². The molecule has 0 bridgehead atoms. The predicted molar refractivity (Wildman–Crippen MR) is 376 cm³/mol. The Kier molecular flexibility index (Phi) is 8.26. The van der Waals surface area contributed by atoms with Crippen molar-refractivity contribution in [1.29, 1.82) is 0 Å². The molecular weight excluding hydrogens is 1110 g/mol. The lowest BCUT2D eigenvalue weighted by Gasteiger charge is -2.33. The Hall–Kier alpha value is -10.7. The van der Waals surface area contributed by atoms with Crippen LogP contribution in [0, 0.1) is 0 Å². The van der Waals surface area contributed by atoms with E-state index in [0.717, 1.165) is 101 Å². The maximum absolute atomic E-state index is 10.0. The summed E-state index contributed by atoms with van der Waals surface area (Å²) in [5.41, 5.74) is 32.0. The molecule has 17 aromatic rings. The van der Waals surface area contributed by atoms with Crippen molar-refractivity contribution in [3.63, 3.8) is 0 Å². The summed E-state index contributed by atoms with van der Waals surface area (Å²) in [6.07, 6.45) is 6.02. The first-order valence-electron chi connectivity index (χ1n) is 33.9. The molecule has 6 aromatic heterocycles. The van der Waals surface area contributed by atoms with Gasteiger partial charge in [-0.1, -0.05) is 222 Å². The van der Waals surface area contributed by atoms with Crippen molar-refractivity contribution in [2.75, 3.05) is 0 Å². The molecule has 4 spiro atoms. The number of hydrogen-bond acceptors (Lipinski definition) is 2. The third-order valence-corrected chi connectivity index (χ3v) is 24.1. The topological polar surface area (TPSA) is 34.6 Å². The average Bonchev–Trinajstić information content (AvgIpc) is 1.48. The quantitative estimate of drug-likeness (QED) is 0.173. The third kappa shape index (κ3) is 5.15. The van der Waals surface area contributed by atoms with Crippen LogP contribution in [-0.2, 0) is 21.7 Å². The lowest BCUT2D eigenvalue weighted by Crippen LogP contribution is -2.30. The van der Waals surface area contributed by atoms with Crippen molar-refractivity contribution in [3.8, 4) is 44.5 Å². The standard InChI is InChI=1S/C88H58N4/c1-47(2)49-37-61-59-41-74-60(42-73(59)91-75-43-89-83-79(77(75)63(39-49)81(61)91)85(65-29-13-5-21-51(65)52-22-6-14-30-66(52)85)45-87(83)69-33-17-9-25-55(69)56-26-10-18-34-70(56)87)62-38-50(48(3)4)40-64-78-76(92(74)82(62)64)44-90-84-80(78)86(67-31-15-7-23-53(67)54-24-8-16-32-68(54)86)46-88(84)71-35-19-11-27-57(71)58-28-12-20-36-72(58)88/h5-44,47-48H,45-46H2,1-4H3/i47D,48D. The van der Waals surface area contributed by atoms with E-state index < -0.39 is 33.4 Å². The monoisotopic (exact) mass is 1170 g/mol. The first kappa shape index (κ1) is 47.3. The van der Waals surface area contributed by atoms with E-state index in [1.54, 1.807) is 0 Å². The molecule has 0 aliphatic heterocycles. The van der Waals surface area contributed by atoms with Gasteiger partial charge in [0.2, 0.25) is 0 Å². The second-order valence-electron chi connectivity index (χ2n) is 28.2. The molecule has 23 rings (SSSR count). The highest BCUT2D eigenvalue weighted by Gasteiger charge is 2.65. The van der Waals surface area contributed by atoms with Crippen LogP contribution in [0.2, 0.25) is 0 Å². The Morgan fingerprint density at radius 2 is 0.576 bits per heavy atom. The predicted octanol–water partition coefficient (Wildman–Crippen LogP) is 21.1. The number of benzene rings is 11. The Bertz CT molecular complexity index is 5850. The molecule has 4 nitrogen and oxygen atoms in total. The van der Waals surface area contributed by atoms with Crippen molar-refractivity contribution in [2.45, 2.75) is 74.0 Å². The first-order chi connectivity index (χ1) is 45.9. The highest BCUT2D eigenvalue weighted by molar-refractivity contribution is 6.30. The van der Waals surface area contributed by atoms with E-state index in [1.807, 2.05) is 27.7 Å². The molecule has 0 fully saturated rings. The van der Waals surface area contributed by atoms with Gasteiger partial charge in [0.05, 0.1) is 78.5 Å². The summed E-state index contributed by atoms with van der Waals surface area (Å²) in [6, 6.07) is 87.7. The van der Waals surface area contributed by atoms with Gasteiger partial charge in [0.1, 0.15) is 0 Å². The van der Waals surface area contributed by atoms with Gasteiger partial charge < -0.3 is 8.80 Å². The Balaban J connectivity index is 0.878. The van der Waals surface area contributed by atoms with Gasteiger partial charge in [-0.15, -0.1) is 0 Å². The Morgan fingerprint density at radius 1 is 0.315 bits per heavy atom. The van der Waals surface area contributed by atoms with Crippen LogP contribution < -0.4 is 0 Å². The first-order valence-corrected chi connectivity index (χ1v) is 32.9. The second kappa shape index (κ2) is 16.1. The van der Waals surface area contributed by atoms with Gasteiger partial charge in [-0.25, -0.2) is 0 Å². The third-order valence-electron chi connectivity index (χ3n) is 24.1. The summed E-state index contributed by atoms with van der Waals surface area (Å²) < 4.78 is 25.2. The van der Waals surface area contributed by atoms with Gasteiger partial charge in [-0.3, -0.25) is 9.97 Å². The number of fused-ring (bicyclic) bond motifs is 40. The fourth-order valence-corrected chi connectivity index (χ4v) is 20.9. The highest BCUT2D eigenvalue weighted by Crippen LogP contribution is 2.72. The molecule has 430 valence electrons. The van der Waals surface area contributed by atoms with Gasteiger partial charge in [0.15, 0.2) is 0 Å². The van der Waals surface area contributed by atoms with Crippen molar-refractivity contribution in [3.05, 3.63) is 321 Å². The average molecular weight is 1170 g/mol. The van der Waals surface area contributed by atoms with E-state index in [1.165, 1.54) is 111 Å². The lowest BCUT2D eigenvalue weighted by molar-refractivity contribution is 0.511. The van der Waals surface area contributed by atoms with Gasteiger partial charge in [0, 0.05) is 57.0 Å². The van der Waals surface area contributed by atoms with E-state index >= 15 is 0 Å². The molecule has 4 heteroatoms. The summed E-state index contributed by atoms with van der Waals surface area (Å²) >= 11 is 0. The van der Waals surface area contributed by atoms with Crippen LogP contribution in [0.5, 0.6) is 0 Å². The van der Waals surface area contributed by atoms with Crippen LogP contribution in [0.15, 0.2) is 243 Å². The molecule has 0 radical (unpaired) electrons. The van der Waals surface area contributed by atoms with Crippen molar-refractivity contribution in [1.82, 2.24) is 18.8 Å². The molecule has 0 saturated heterocycles. The summed E-state index contributed by atoms with van der Waals surface area (Å²) in [7, 11) is 0. The smallest absolute Gasteiger partial charge is 0.0728 e. The second-order valence-corrected chi connectivity index (χ2v) is 28.2. The van der Waals surface area contributed by atoms with Crippen molar-refractivity contribution >= 4 is 76.2 Å². The van der Waals surface area contributed by atoms with Gasteiger partial charge in [-0.05, 0) is 161 Å². The van der Waals surface area contributed by atoms with E-state index in [0.29, 0.717) is 0 Å². The van der Waals surface area contributed by atoms with E-state index in [-0.39, 0.29) is 0 Å². The van der Waals surface area contributed by atoms with E-state index in [2.05, 4.69) is 252 Å². The lowest BCUT2D eigenvalue weighted by atomic mass is 9.68. The molecule has 11 aromatic carbocycles. The zero-order valence-corrected chi connectivity index (χ0v) is 51.3. The van der Waals surface area contributed by atoms with Gasteiger partial charge in [0.25, 0.3) is 0 Å². The minimum Gasteiger partial charge on any atom is -0.306 e. The van der Waals surface area contributed by atoms with Crippen LogP contribution in [0.4, 0.5) is 0 Å². The molecule has 0 atom stereocenters. The summed E-state index contributed by atoms with van der Waals surface area (Å²) in [4.78, 5) is 12.0. The maximum atomic E-state index is 10.0. The molecule has 6 aliphatic rings. The Morgan fingerprint density at radius 3 is 0.859 bits per heavy atom. The number of rotatable bonds is 2. The highest BCUT2D eigenvalue weighted by atomic mass is 15.0. The zero-order valence-electron chi connectivity index (χ0n) is 53.3. The largest absolute Gasteiger partial charge is 0.306 e. The van der Waals surface area contributed by atoms with Gasteiger partial charge >= 0.3 is 0 Å². The zero-order chi connectivity index (χ0) is 62.1. The SMILES string of the molecule is [2H]C(C)(C)c1cc2c3cc4c(cc3n3c5cnc6c(c5c(c1)c23)C1(CC62c3ccccc3-c3ccccc32)c2ccccc2-c2ccccc21)c1cc(C([2H])(C)C)cc2c3c5c(ncc3n4c12)C1(CC52c3ccccc3-c3ccccc32)c2ccccc2-c2ccccc21. The van der Waals surface area contributed by atoms with E-state index in [9.17, 15) is 2.74 Å². The Labute approximate surface area is 534 Å². The molecule has 0 unspecified atom stereocenters. The summed E-state index contributed by atoms with van der Waals surface area (Å²) in [5.74, 6) is -1.86. The molecule has 0 saturated carbocycles. The number of pyridine rings is 2. The normalized spacial score (nSPS) is 17.0. The summed E-state index contributed by atoms with van der Waals surface area (Å²) in [6.45, 7) is 8.20. The molecule has 6 heterocycles. The number of hydrogen-bond donors (Lipinski definition) is 0. The fraction of sp³-hybridized carbons (Fsp3) is 0.136. The van der Waals surface area contributed by atoms with Crippen molar-refractivity contribution in [2.24, 2.45) is 0 Å². The molecule has 92 heavy (non-hydrogen) atoms. The molecule has 0 N–H and O–H groups in total. The van der Waals surface area contributed by atoms with Crippen molar-refractivity contribution < 1.29 is 2.74 Å². The van der Waals surface area contributed by atoms with Crippen LogP contribution in [0.25, 0.3) is 121 Å². The minimum atomic E-state index is -0.931. The number of nitrogens with zero attached hydrogens (tertiary/aromatic N) is 4. The molecule has 6 aliphatic carbocycles. The molecular formula is C88H58N4.